The first-order valence-corrected chi connectivity index (χ1v) is 8.33. The van der Waals surface area contributed by atoms with Gasteiger partial charge in [-0.3, -0.25) is 24.2 Å². The van der Waals surface area contributed by atoms with Crippen molar-refractivity contribution in [1.29, 1.82) is 0 Å². The van der Waals surface area contributed by atoms with Crippen molar-refractivity contribution in [2.45, 2.75) is 0 Å². The smallest absolute Gasteiger partial charge is 0.265 e. The Bertz CT molecular complexity index is 930. The van der Waals surface area contributed by atoms with Crippen molar-refractivity contribution in [3.05, 3.63) is 47.5 Å². The van der Waals surface area contributed by atoms with Crippen molar-refractivity contribution in [3.63, 3.8) is 0 Å². The Kier molecular flexibility index (Phi) is 4.00. The number of nitrogens with one attached hydrogen (secondary N) is 1. The first-order valence-electron chi connectivity index (χ1n) is 7.95. The van der Waals surface area contributed by atoms with E-state index in [-0.39, 0.29) is 37.4 Å². The second-order valence-corrected chi connectivity index (χ2v) is 6.36. The molecule has 0 radical (unpaired) electrons. The predicted molar refractivity (Wildman–Crippen MR) is 96.7 cm³/mol. The van der Waals surface area contributed by atoms with Crippen LogP contribution in [0.25, 0.3) is 0 Å². The summed E-state index contributed by atoms with van der Waals surface area (Å²) in [4.78, 5) is 39.8. The zero-order chi connectivity index (χ0) is 18.3. The van der Waals surface area contributed by atoms with Crippen LogP contribution in [0.4, 0.5) is 17.1 Å². The largest absolute Gasteiger partial charge is 0.482 e. The molecule has 0 saturated carbocycles. The number of ether oxygens (including phenoxy) is 1. The van der Waals surface area contributed by atoms with Crippen molar-refractivity contribution in [2.75, 3.05) is 34.8 Å². The van der Waals surface area contributed by atoms with Crippen molar-refractivity contribution in [3.8, 4) is 5.75 Å². The van der Waals surface area contributed by atoms with E-state index >= 15 is 0 Å². The maximum Gasteiger partial charge on any atom is 0.265 e. The molecule has 3 amide bonds. The zero-order valence-corrected chi connectivity index (χ0v) is 14.3. The molecule has 26 heavy (non-hydrogen) atoms. The maximum atomic E-state index is 12.9. The normalized spacial score (nSPS) is 15.7. The van der Waals surface area contributed by atoms with Gasteiger partial charge in [0.2, 0.25) is 11.8 Å². The molecule has 0 bridgehead atoms. The number of carbonyl (C=O) groups excluding carboxylic acids is 3. The second-order valence-electron chi connectivity index (χ2n) is 5.93. The number of hydrogen-bond donors (Lipinski definition) is 1. The molecule has 0 fully saturated rings. The Balaban J connectivity index is 1.64. The van der Waals surface area contributed by atoms with Gasteiger partial charge in [-0.2, -0.15) is 0 Å². The SMILES string of the molecule is O=C1CN(C(=O)CN2C(=O)COc3ccc(Cl)cc32)c2ccccc2N1. The lowest BCUT2D eigenvalue weighted by Gasteiger charge is -2.33. The van der Waals surface area contributed by atoms with E-state index in [9.17, 15) is 14.4 Å². The van der Waals surface area contributed by atoms with Gasteiger partial charge in [-0.05, 0) is 30.3 Å². The van der Waals surface area contributed by atoms with Gasteiger partial charge in [0.05, 0.1) is 17.1 Å². The predicted octanol–water partition coefficient (Wildman–Crippen LogP) is 2.05. The Morgan fingerprint density at radius 1 is 1.15 bits per heavy atom. The Morgan fingerprint density at radius 3 is 2.81 bits per heavy atom. The minimum absolute atomic E-state index is 0.100. The van der Waals surface area contributed by atoms with Gasteiger partial charge in [-0.25, -0.2) is 0 Å². The molecule has 2 heterocycles. The lowest BCUT2D eigenvalue weighted by atomic mass is 10.1. The summed E-state index contributed by atoms with van der Waals surface area (Å²) in [5.41, 5.74) is 1.61. The highest BCUT2D eigenvalue weighted by Gasteiger charge is 2.32. The number of amides is 3. The highest BCUT2D eigenvalue weighted by Crippen LogP contribution is 2.35. The molecular formula is C18H14ClN3O4. The molecule has 0 spiro atoms. The molecule has 0 aliphatic carbocycles. The van der Waals surface area contributed by atoms with E-state index in [2.05, 4.69) is 5.32 Å². The average molecular weight is 372 g/mol. The van der Waals surface area contributed by atoms with Gasteiger partial charge in [0.15, 0.2) is 6.61 Å². The van der Waals surface area contributed by atoms with Gasteiger partial charge in [-0.15, -0.1) is 0 Å². The van der Waals surface area contributed by atoms with Gasteiger partial charge in [0.1, 0.15) is 18.8 Å². The van der Waals surface area contributed by atoms with E-state index in [1.807, 2.05) is 0 Å². The topological polar surface area (TPSA) is 79.0 Å². The zero-order valence-electron chi connectivity index (χ0n) is 13.6. The average Bonchev–Trinajstić information content (AvgIpc) is 2.63. The van der Waals surface area contributed by atoms with Crippen LogP contribution >= 0.6 is 11.6 Å². The molecule has 2 aromatic rings. The number of nitrogens with zero attached hydrogens (tertiary/aromatic N) is 2. The molecule has 0 aromatic heterocycles. The number of hydrogen-bond acceptors (Lipinski definition) is 4. The van der Waals surface area contributed by atoms with Crippen LogP contribution in [0, 0.1) is 0 Å². The van der Waals surface area contributed by atoms with Crippen LogP contribution < -0.4 is 19.9 Å². The van der Waals surface area contributed by atoms with Gasteiger partial charge in [0, 0.05) is 5.02 Å². The highest BCUT2D eigenvalue weighted by atomic mass is 35.5. The summed E-state index contributed by atoms with van der Waals surface area (Å²) in [5.74, 6) is -0.510. The van der Waals surface area contributed by atoms with Crippen LogP contribution in [0.5, 0.6) is 5.75 Å². The summed E-state index contributed by atoms with van der Waals surface area (Å²) in [6.07, 6.45) is 0. The summed E-state index contributed by atoms with van der Waals surface area (Å²) in [7, 11) is 0. The fourth-order valence-corrected chi connectivity index (χ4v) is 3.19. The van der Waals surface area contributed by atoms with Crippen molar-refractivity contribution < 1.29 is 19.1 Å². The number of halogens is 1. The first kappa shape index (κ1) is 16.4. The Morgan fingerprint density at radius 2 is 1.96 bits per heavy atom. The maximum absolute atomic E-state index is 12.9. The molecule has 132 valence electrons. The molecule has 0 atom stereocenters. The van der Waals surface area contributed by atoms with Gasteiger partial charge >= 0.3 is 0 Å². The quantitative estimate of drug-likeness (QED) is 0.876. The number of rotatable bonds is 2. The van der Waals surface area contributed by atoms with Gasteiger partial charge < -0.3 is 10.1 Å². The summed E-state index contributed by atoms with van der Waals surface area (Å²) < 4.78 is 5.38. The molecule has 2 aromatic carbocycles. The van der Waals surface area contributed by atoms with Crippen LogP contribution in [0.2, 0.25) is 5.02 Å². The van der Waals surface area contributed by atoms with E-state index in [1.54, 1.807) is 42.5 Å². The first-order chi connectivity index (χ1) is 12.5. The third-order valence-electron chi connectivity index (χ3n) is 4.23. The van der Waals surface area contributed by atoms with Crippen LogP contribution in [0.15, 0.2) is 42.5 Å². The highest BCUT2D eigenvalue weighted by molar-refractivity contribution is 6.31. The Hall–Kier alpha value is -3.06. The monoisotopic (exact) mass is 371 g/mol. The molecule has 2 aliphatic rings. The molecule has 2 aliphatic heterocycles. The minimum Gasteiger partial charge on any atom is -0.482 e. The van der Waals surface area contributed by atoms with E-state index < -0.39 is 0 Å². The number of fused-ring (bicyclic) bond motifs is 2. The van der Waals surface area contributed by atoms with Crippen LogP contribution in [-0.2, 0) is 14.4 Å². The second kappa shape index (κ2) is 6.34. The van der Waals surface area contributed by atoms with E-state index in [4.69, 9.17) is 16.3 Å². The standard InChI is InChI=1S/C18H14ClN3O4/c19-11-5-6-15-14(7-11)22(18(25)10-26-15)9-17(24)21-8-16(23)20-12-3-1-2-4-13(12)21/h1-7H,8-10H2,(H,20,23). The van der Waals surface area contributed by atoms with Gasteiger partial charge in [0.25, 0.3) is 5.91 Å². The Labute approximate surface area is 154 Å². The number of anilines is 3. The number of benzene rings is 2. The molecule has 7 nitrogen and oxygen atoms in total. The van der Waals surface area contributed by atoms with E-state index in [0.29, 0.717) is 27.8 Å². The molecule has 0 unspecified atom stereocenters. The van der Waals surface area contributed by atoms with Crippen LogP contribution in [-0.4, -0.2) is 37.4 Å². The minimum atomic E-state index is -0.367. The molecule has 1 N–H and O–H groups in total. The lowest BCUT2D eigenvalue weighted by Crippen LogP contribution is -2.49. The summed E-state index contributed by atoms with van der Waals surface area (Å²) in [5, 5.41) is 3.16. The fourth-order valence-electron chi connectivity index (χ4n) is 3.02. The summed E-state index contributed by atoms with van der Waals surface area (Å²) in [6.45, 7) is -0.465. The molecule has 4 rings (SSSR count). The molecule has 8 heteroatoms. The summed E-state index contributed by atoms with van der Waals surface area (Å²) in [6, 6.07) is 11.9. The van der Waals surface area contributed by atoms with E-state index in [0.717, 1.165) is 0 Å². The van der Waals surface area contributed by atoms with Crippen LogP contribution in [0.3, 0.4) is 0 Å². The third-order valence-corrected chi connectivity index (χ3v) is 4.46. The fraction of sp³-hybridized carbons (Fsp3) is 0.167. The van der Waals surface area contributed by atoms with Crippen LogP contribution in [0.1, 0.15) is 0 Å². The third kappa shape index (κ3) is 2.86. The van der Waals surface area contributed by atoms with Crippen molar-refractivity contribution in [1.82, 2.24) is 0 Å². The van der Waals surface area contributed by atoms with Crippen molar-refractivity contribution in [2.24, 2.45) is 0 Å². The van der Waals surface area contributed by atoms with Crippen molar-refractivity contribution >= 4 is 46.4 Å². The number of para-hydroxylation sites is 2. The summed E-state index contributed by atoms with van der Waals surface area (Å²) >= 11 is 6.02. The molecular weight excluding hydrogens is 358 g/mol. The van der Waals surface area contributed by atoms with Gasteiger partial charge in [-0.1, -0.05) is 23.7 Å². The lowest BCUT2D eigenvalue weighted by molar-refractivity contribution is -0.124. The molecule has 0 saturated heterocycles. The van der Waals surface area contributed by atoms with E-state index in [1.165, 1.54) is 9.80 Å². The number of carbonyl (C=O) groups is 3.